The number of nitrogens with zero attached hydrogens (tertiary/aromatic N) is 2. The van der Waals surface area contributed by atoms with Gasteiger partial charge in [-0.25, -0.2) is 4.79 Å². The molecule has 0 atom stereocenters. The molecule has 0 saturated heterocycles. The van der Waals surface area contributed by atoms with Crippen molar-refractivity contribution in [1.29, 1.82) is 0 Å². The number of carbonyl (C=O) groups is 1. The standard InChI is InChI=1S/C15H13IN2O2/c1-2-20-15(19)11-7-9-12(10-8-11)17-18-14-6-4-3-5-13(14)16/h3-10H,2H2,1H3. The molecule has 2 aromatic carbocycles. The zero-order valence-corrected chi connectivity index (χ0v) is 13.1. The molecule has 0 heterocycles. The van der Waals surface area contributed by atoms with E-state index in [-0.39, 0.29) is 5.97 Å². The molecular formula is C15H13IN2O2. The van der Waals surface area contributed by atoms with Crippen molar-refractivity contribution >= 4 is 39.9 Å². The highest BCUT2D eigenvalue weighted by atomic mass is 127. The lowest BCUT2D eigenvalue weighted by molar-refractivity contribution is 0.0526. The first-order valence-electron chi connectivity index (χ1n) is 6.14. The smallest absolute Gasteiger partial charge is 0.338 e. The van der Waals surface area contributed by atoms with Gasteiger partial charge in [-0.1, -0.05) is 12.1 Å². The van der Waals surface area contributed by atoms with Gasteiger partial charge in [-0.15, -0.1) is 5.11 Å². The molecule has 0 radical (unpaired) electrons. The van der Waals surface area contributed by atoms with Crippen LogP contribution >= 0.6 is 22.6 Å². The molecule has 5 heteroatoms. The van der Waals surface area contributed by atoms with E-state index in [2.05, 4.69) is 32.8 Å². The van der Waals surface area contributed by atoms with Gasteiger partial charge in [0, 0.05) is 3.57 Å². The van der Waals surface area contributed by atoms with Gasteiger partial charge in [0.2, 0.25) is 0 Å². The Hall–Kier alpha value is -1.76. The fourth-order valence-corrected chi connectivity index (χ4v) is 2.02. The summed E-state index contributed by atoms with van der Waals surface area (Å²) in [5.41, 5.74) is 2.03. The number of halogens is 1. The average molecular weight is 380 g/mol. The Balaban J connectivity index is 2.11. The number of esters is 1. The van der Waals surface area contributed by atoms with Crippen molar-refractivity contribution in [2.24, 2.45) is 10.2 Å². The second-order valence-corrected chi connectivity index (χ2v) is 5.08. The fourth-order valence-electron chi connectivity index (χ4n) is 1.52. The molecule has 0 aromatic heterocycles. The maximum Gasteiger partial charge on any atom is 0.338 e. The second-order valence-electron chi connectivity index (χ2n) is 3.92. The summed E-state index contributed by atoms with van der Waals surface area (Å²) in [6, 6.07) is 14.6. The third kappa shape index (κ3) is 3.86. The second kappa shape index (κ2) is 7.14. The lowest BCUT2D eigenvalue weighted by Crippen LogP contribution is -2.03. The first-order valence-corrected chi connectivity index (χ1v) is 7.22. The third-order valence-corrected chi connectivity index (χ3v) is 3.42. The molecule has 0 amide bonds. The van der Waals surface area contributed by atoms with Crippen molar-refractivity contribution < 1.29 is 9.53 Å². The Labute approximate surface area is 131 Å². The van der Waals surface area contributed by atoms with Crippen LogP contribution in [0.5, 0.6) is 0 Å². The van der Waals surface area contributed by atoms with Crippen molar-refractivity contribution in [3.63, 3.8) is 0 Å². The third-order valence-electron chi connectivity index (χ3n) is 2.50. The summed E-state index contributed by atoms with van der Waals surface area (Å²) in [6.07, 6.45) is 0. The number of azo groups is 1. The molecule has 0 aliphatic rings. The SMILES string of the molecule is CCOC(=O)c1ccc(N=Nc2ccccc2I)cc1. The van der Waals surface area contributed by atoms with Crippen LogP contribution in [0.25, 0.3) is 0 Å². The number of ether oxygens (including phenoxy) is 1. The summed E-state index contributed by atoms with van der Waals surface area (Å²) in [5, 5.41) is 8.34. The molecule has 2 aromatic rings. The number of carbonyl (C=O) groups excluding carboxylic acids is 1. The maximum absolute atomic E-state index is 11.5. The largest absolute Gasteiger partial charge is 0.462 e. The molecule has 0 saturated carbocycles. The molecule has 0 N–H and O–H groups in total. The topological polar surface area (TPSA) is 51.0 Å². The van der Waals surface area contributed by atoms with Crippen LogP contribution in [-0.4, -0.2) is 12.6 Å². The molecule has 2 rings (SSSR count). The van der Waals surface area contributed by atoms with E-state index in [1.54, 1.807) is 31.2 Å². The lowest BCUT2D eigenvalue weighted by atomic mass is 10.2. The average Bonchev–Trinajstić information content (AvgIpc) is 2.47. The van der Waals surface area contributed by atoms with Crippen LogP contribution in [0.15, 0.2) is 58.8 Å². The zero-order valence-electron chi connectivity index (χ0n) is 10.9. The van der Waals surface area contributed by atoms with Gasteiger partial charge in [0.25, 0.3) is 0 Å². The zero-order chi connectivity index (χ0) is 14.4. The summed E-state index contributed by atoms with van der Waals surface area (Å²) >= 11 is 2.21. The van der Waals surface area contributed by atoms with Gasteiger partial charge in [-0.2, -0.15) is 5.11 Å². The number of rotatable bonds is 4. The fraction of sp³-hybridized carbons (Fsp3) is 0.133. The van der Waals surface area contributed by atoms with Crippen molar-refractivity contribution in [3.05, 3.63) is 57.7 Å². The van der Waals surface area contributed by atoms with Crippen molar-refractivity contribution in [2.75, 3.05) is 6.61 Å². The highest BCUT2D eigenvalue weighted by Gasteiger charge is 2.05. The first-order chi connectivity index (χ1) is 9.70. The Morgan fingerprint density at radius 2 is 1.80 bits per heavy atom. The van der Waals surface area contributed by atoms with Crippen LogP contribution in [0.2, 0.25) is 0 Å². The van der Waals surface area contributed by atoms with E-state index >= 15 is 0 Å². The van der Waals surface area contributed by atoms with Gasteiger partial charge in [0.15, 0.2) is 0 Å². The Morgan fingerprint density at radius 3 is 2.45 bits per heavy atom. The van der Waals surface area contributed by atoms with Gasteiger partial charge in [0.1, 0.15) is 0 Å². The van der Waals surface area contributed by atoms with Crippen molar-refractivity contribution in [2.45, 2.75) is 6.92 Å². The molecule has 0 aliphatic carbocycles. The molecule has 0 unspecified atom stereocenters. The summed E-state index contributed by atoms with van der Waals surface area (Å²) in [7, 11) is 0. The number of hydrogen-bond acceptors (Lipinski definition) is 4. The van der Waals surface area contributed by atoms with Crippen LogP contribution in [0, 0.1) is 3.57 Å². The summed E-state index contributed by atoms with van der Waals surface area (Å²) in [4.78, 5) is 11.5. The Morgan fingerprint density at radius 1 is 1.10 bits per heavy atom. The first kappa shape index (κ1) is 14.6. The number of benzene rings is 2. The molecule has 4 nitrogen and oxygen atoms in total. The van der Waals surface area contributed by atoms with Gasteiger partial charge in [-0.05, 0) is 65.9 Å². The summed E-state index contributed by atoms with van der Waals surface area (Å²) < 4.78 is 5.96. The minimum Gasteiger partial charge on any atom is -0.462 e. The van der Waals surface area contributed by atoms with Crippen LogP contribution in [-0.2, 0) is 4.74 Å². The van der Waals surface area contributed by atoms with E-state index in [0.29, 0.717) is 17.9 Å². The highest BCUT2D eigenvalue weighted by molar-refractivity contribution is 14.1. The van der Waals surface area contributed by atoms with Gasteiger partial charge in [0.05, 0.1) is 23.5 Å². The summed E-state index contributed by atoms with van der Waals surface area (Å²) in [5.74, 6) is -0.325. The quantitative estimate of drug-likeness (QED) is 0.431. The predicted octanol–water partition coefficient (Wildman–Crippen LogP) is 4.88. The molecular weight excluding hydrogens is 367 g/mol. The molecule has 20 heavy (non-hydrogen) atoms. The van der Waals surface area contributed by atoms with Gasteiger partial charge in [-0.3, -0.25) is 0 Å². The monoisotopic (exact) mass is 380 g/mol. The van der Waals surface area contributed by atoms with Crippen LogP contribution in [0.3, 0.4) is 0 Å². The molecule has 102 valence electrons. The van der Waals surface area contributed by atoms with E-state index in [1.807, 2.05) is 24.3 Å². The number of hydrogen-bond donors (Lipinski definition) is 0. The summed E-state index contributed by atoms with van der Waals surface area (Å²) in [6.45, 7) is 2.15. The predicted molar refractivity (Wildman–Crippen MR) is 85.7 cm³/mol. The van der Waals surface area contributed by atoms with Crippen LogP contribution in [0.4, 0.5) is 11.4 Å². The van der Waals surface area contributed by atoms with Crippen molar-refractivity contribution in [3.8, 4) is 0 Å². The van der Waals surface area contributed by atoms with E-state index in [4.69, 9.17) is 4.74 Å². The van der Waals surface area contributed by atoms with Gasteiger partial charge < -0.3 is 4.74 Å². The minimum absolute atomic E-state index is 0.325. The Kier molecular flexibility index (Phi) is 5.23. The van der Waals surface area contributed by atoms with E-state index in [0.717, 1.165) is 9.26 Å². The van der Waals surface area contributed by atoms with Gasteiger partial charge >= 0.3 is 5.97 Å². The molecule has 0 aliphatic heterocycles. The van der Waals surface area contributed by atoms with Crippen LogP contribution in [0.1, 0.15) is 17.3 Å². The Bertz CT molecular complexity index is 624. The molecule has 0 spiro atoms. The highest BCUT2D eigenvalue weighted by Crippen LogP contribution is 2.23. The molecule has 0 fully saturated rings. The maximum atomic E-state index is 11.5. The lowest BCUT2D eigenvalue weighted by Gasteiger charge is -2.01. The van der Waals surface area contributed by atoms with Crippen LogP contribution < -0.4 is 0 Å². The normalized spacial score (nSPS) is 10.7. The molecule has 0 bridgehead atoms. The van der Waals surface area contributed by atoms with Crippen molar-refractivity contribution in [1.82, 2.24) is 0 Å². The minimum atomic E-state index is -0.325. The van der Waals surface area contributed by atoms with E-state index < -0.39 is 0 Å². The van der Waals surface area contributed by atoms with E-state index in [1.165, 1.54) is 0 Å². The van der Waals surface area contributed by atoms with E-state index in [9.17, 15) is 4.79 Å².